The number of methoxy groups -OCH3 is 1. The minimum atomic E-state index is -0.0728. The van der Waals surface area contributed by atoms with Crippen molar-refractivity contribution >= 4 is 18.0 Å². The Morgan fingerprint density at radius 3 is 2.58 bits per heavy atom. The van der Waals surface area contributed by atoms with Gasteiger partial charge >= 0.3 is 0 Å². The van der Waals surface area contributed by atoms with Gasteiger partial charge in [-0.2, -0.15) is 0 Å². The van der Waals surface area contributed by atoms with Crippen LogP contribution in [0.15, 0.2) is 36.5 Å². The summed E-state index contributed by atoms with van der Waals surface area (Å²) in [5, 5.41) is 3.08. The summed E-state index contributed by atoms with van der Waals surface area (Å²) in [7, 11) is 1.64. The molecule has 1 N–H and O–H groups in total. The Bertz CT molecular complexity index is 990. The molecule has 0 bridgehead atoms. The van der Waals surface area contributed by atoms with Crippen LogP contribution in [0.4, 0.5) is 5.82 Å². The number of nitrogens with zero attached hydrogens (tertiary/aromatic N) is 3. The highest BCUT2D eigenvalue weighted by Gasteiger charge is 2.18. The van der Waals surface area contributed by atoms with Crippen molar-refractivity contribution in [1.29, 1.82) is 0 Å². The van der Waals surface area contributed by atoms with Crippen molar-refractivity contribution in [2.24, 2.45) is 0 Å². The fourth-order valence-corrected chi connectivity index (χ4v) is 4.78. The summed E-state index contributed by atoms with van der Waals surface area (Å²) in [6.07, 6.45) is 8.91. The van der Waals surface area contributed by atoms with Gasteiger partial charge in [0.25, 0.3) is 5.91 Å². The molecule has 1 aromatic heterocycles. The molecule has 208 valence electrons. The van der Waals surface area contributed by atoms with Gasteiger partial charge in [0.1, 0.15) is 11.6 Å². The molecule has 1 amide bonds. The zero-order chi connectivity index (χ0) is 27.2. The van der Waals surface area contributed by atoms with Gasteiger partial charge in [0.15, 0.2) is 6.29 Å². The van der Waals surface area contributed by atoms with E-state index >= 15 is 0 Å². The molecule has 0 radical (unpaired) electrons. The average molecular weight is 525 g/mol. The van der Waals surface area contributed by atoms with Crippen LogP contribution in [0.5, 0.6) is 5.75 Å². The van der Waals surface area contributed by atoms with E-state index in [1.54, 1.807) is 13.3 Å². The molecule has 1 aromatic carbocycles. The van der Waals surface area contributed by atoms with Crippen LogP contribution in [0.25, 0.3) is 0 Å². The summed E-state index contributed by atoms with van der Waals surface area (Å²) in [4.78, 5) is 32.8. The standard InChI is InChI=1S/C30H44N4O4/c1-4-9-24(2)32-30(36)28-20-27(12-11-26(28)23-37-3)38-19-8-6-5-7-14-33-15-17-34(18-16-33)29-13-10-25(22-35)21-31-29/h10-13,20-22,24H,4-9,14-19,23H2,1-3H3,(H,32,36). The molecular weight excluding hydrogens is 480 g/mol. The van der Waals surface area contributed by atoms with Gasteiger partial charge in [-0.25, -0.2) is 4.98 Å². The highest BCUT2D eigenvalue weighted by molar-refractivity contribution is 5.96. The first-order chi connectivity index (χ1) is 18.5. The normalized spacial score (nSPS) is 14.8. The monoisotopic (exact) mass is 524 g/mol. The van der Waals surface area contributed by atoms with Gasteiger partial charge in [-0.15, -0.1) is 0 Å². The number of nitrogens with one attached hydrogen (secondary N) is 1. The molecule has 2 heterocycles. The number of ether oxygens (including phenoxy) is 2. The zero-order valence-corrected chi connectivity index (χ0v) is 23.3. The number of piperazine rings is 1. The number of rotatable bonds is 16. The molecule has 2 aromatic rings. The molecule has 8 heteroatoms. The third kappa shape index (κ3) is 9.40. The first-order valence-electron chi connectivity index (χ1n) is 14.0. The van der Waals surface area contributed by atoms with Gasteiger partial charge in [-0.3, -0.25) is 14.5 Å². The summed E-state index contributed by atoms with van der Waals surface area (Å²) in [6, 6.07) is 9.58. The van der Waals surface area contributed by atoms with Gasteiger partial charge in [0.2, 0.25) is 0 Å². The Morgan fingerprint density at radius 1 is 1.11 bits per heavy atom. The zero-order valence-electron chi connectivity index (χ0n) is 23.3. The van der Waals surface area contributed by atoms with Crippen LogP contribution in [0.2, 0.25) is 0 Å². The van der Waals surface area contributed by atoms with E-state index in [1.165, 1.54) is 12.8 Å². The third-order valence-electron chi connectivity index (χ3n) is 6.97. The number of aldehydes is 1. The predicted molar refractivity (Wildman–Crippen MR) is 151 cm³/mol. The van der Waals surface area contributed by atoms with Crippen molar-refractivity contribution in [3.8, 4) is 5.75 Å². The average Bonchev–Trinajstić information content (AvgIpc) is 2.94. The maximum Gasteiger partial charge on any atom is 0.251 e. The smallest absolute Gasteiger partial charge is 0.251 e. The molecule has 1 saturated heterocycles. The number of unbranched alkanes of at least 4 members (excludes halogenated alkanes) is 3. The van der Waals surface area contributed by atoms with E-state index in [0.29, 0.717) is 24.3 Å². The molecule has 1 atom stereocenters. The van der Waals surface area contributed by atoms with E-state index < -0.39 is 0 Å². The first kappa shape index (κ1) is 29.6. The van der Waals surface area contributed by atoms with E-state index in [-0.39, 0.29) is 11.9 Å². The number of hydrogen-bond acceptors (Lipinski definition) is 7. The number of carbonyl (C=O) groups is 2. The van der Waals surface area contributed by atoms with Crippen molar-refractivity contribution in [3.63, 3.8) is 0 Å². The number of amides is 1. The lowest BCUT2D eigenvalue weighted by molar-refractivity contribution is 0.0932. The highest BCUT2D eigenvalue weighted by atomic mass is 16.5. The minimum absolute atomic E-state index is 0.0728. The maximum absolute atomic E-state index is 12.8. The number of hydrogen-bond donors (Lipinski definition) is 1. The quantitative estimate of drug-likeness (QED) is 0.251. The molecular formula is C30H44N4O4. The molecule has 1 fully saturated rings. The second-order valence-corrected chi connectivity index (χ2v) is 10.1. The SMILES string of the molecule is CCCC(C)NC(=O)c1cc(OCCCCCCN2CCN(c3ccc(C=O)cn3)CC2)ccc1COC. The van der Waals surface area contributed by atoms with E-state index in [9.17, 15) is 9.59 Å². The predicted octanol–water partition coefficient (Wildman–Crippen LogP) is 4.72. The number of carbonyl (C=O) groups excluding carboxylic acids is 2. The van der Waals surface area contributed by atoms with Crippen molar-refractivity contribution < 1.29 is 19.1 Å². The maximum atomic E-state index is 12.8. The third-order valence-corrected chi connectivity index (χ3v) is 6.97. The van der Waals surface area contributed by atoms with E-state index in [1.807, 2.05) is 37.3 Å². The molecule has 0 aliphatic carbocycles. The second kappa shape index (κ2) is 16.1. The van der Waals surface area contributed by atoms with Crippen LogP contribution in [-0.2, 0) is 11.3 Å². The summed E-state index contributed by atoms with van der Waals surface area (Å²) in [6.45, 7) is 10.3. The van der Waals surface area contributed by atoms with Crippen molar-refractivity contribution in [2.45, 2.75) is 65.0 Å². The molecule has 1 aliphatic heterocycles. The lowest BCUT2D eigenvalue weighted by Gasteiger charge is -2.35. The van der Waals surface area contributed by atoms with E-state index in [0.717, 1.165) is 81.8 Å². The lowest BCUT2D eigenvalue weighted by Crippen LogP contribution is -2.46. The van der Waals surface area contributed by atoms with Crippen molar-refractivity contribution in [2.75, 3.05) is 51.3 Å². The van der Waals surface area contributed by atoms with Gasteiger partial charge in [0, 0.05) is 56.7 Å². The van der Waals surface area contributed by atoms with Crippen molar-refractivity contribution in [1.82, 2.24) is 15.2 Å². The molecule has 38 heavy (non-hydrogen) atoms. The Hall–Kier alpha value is -2.97. The molecule has 0 spiro atoms. The number of anilines is 1. The molecule has 1 aliphatic rings. The molecule has 8 nitrogen and oxygen atoms in total. The largest absolute Gasteiger partial charge is 0.494 e. The van der Waals surface area contributed by atoms with Crippen molar-refractivity contribution in [3.05, 3.63) is 53.2 Å². The lowest BCUT2D eigenvalue weighted by atomic mass is 10.1. The molecule has 0 saturated carbocycles. The second-order valence-electron chi connectivity index (χ2n) is 10.1. The van der Waals surface area contributed by atoms with Crippen LogP contribution in [0, 0.1) is 0 Å². The summed E-state index contributed by atoms with van der Waals surface area (Å²) in [5.41, 5.74) is 2.11. The van der Waals surface area contributed by atoms with Gasteiger partial charge in [-0.05, 0) is 62.6 Å². The fourth-order valence-electron chi connectivity index (χ4n) is 4.78. The summed E-state index contributed by atoms with van der Waals surface area (Å²) >= 11 is 0. The van der Waals surface area contributed by atoms with Gasteiger partial charge in [0.05, 0.1) is 13.2 Å². The topological polar surface area (TPSA) is 84.0 Å². The van der Waals surface area contributed by atoms with E-state index in [2.05, 4.69) is 27.0 Å². The summed E-state index contributed by atoms with van der Waals surface area (Å²) < 4.78 is 11.3. The minimum Gasteiger partial charge on any atom is -0.494 e. The molecule has 3 rings (SSSR count). The Balaban J connectivity index is 1.32. The Kier molecular flexibility index (Phi) is 12.5. The fraction of sp³-hybridized carbons (Fsp3) is 0.567. The van der Waals surface area contributed by atoms with Gasteiger partial charge in [-0.1, -0.05) is 32.3 Å². The van der Waals surface area contributed by atoms with Crippen LogP contribution in [0.1, 0.15) is 78.7 Å². The van der Waals surface area contributed by atoms with Crippen LogP contribution in [0.3, 0.4) is 0 Å². The Labute approximate surface area is 227 Å². The number of benzene rings is 1. The summed E-state index contributed by atoms with van der Waals surface area (Å²) in [5.74, 6) is 1.60. The van der Waals surface area contributed by atoms with Crippen LogP contribution >= 0.6 is 0 Å². The Morgan fingerprint density at radius 2 is 1.89 bits per heavy atom. The highest BCUT2D eigenvalue weighted by Crippen LogP contribution is 2.20. The number of aromatic nitrogens is 1. The van der Waals surface area contributed by atoms with Gasteiger partial charge < -0.3 is 19.7 Å². The van der Waals surface area contributed by atoms with Crippen LogP contribution < -0.4 is 15.0 Å². The molecule has 1 unspecified atom stereocenters. The number of pyridine rings is 1. The van der Waals surface area contributed by atoms with Crippen LogP contribution in [-0.4, -0.2) is 74.6 Å². The van der Waals surface area contributed by atoms with E-state index in [4.69, 9.17) is 9.47 Å². The first-order valence-corrected chi connectivity index (χ1v) is 14.0.